The van der Waals surface area contributed by atoms with Gasteiger partial charge >= 0.3 is 5.97 Å². The van der Waals surface area contributed by atoms with E-state index in [1.54, 1.807) is 44.2 Å². The zero-order valence-electron chi connectivity index (χ0n) is 13.4. The van der Waals surface area contributed by atoms with Gasteiger partial charge in [0.1, 0.15) is 22.4 Å². The van der Waals surface area contributed by atoms with Crippen LogP contribution in [0.3, 0.4) is 0 Å². The van der Waals surface area contributed by atoms with Crippen LogP contribution in [0.5, 0.6) is 5.75 Å². The van der Waals surface area contributed by atoms with Gasteiger partial charge < -0.3 is 9.26 Å². The number of sulfonamides is 1. The third-order valence-electron chi connectivity index (χ3n) is 3.97. The van der Waals surface area contributed by atoms with Crippen LogP contribution in [-0.2, 0) is 14.8 Å². The maximum Gasteiger partial charge on any atom is 0.329 e. The molecule has 0 aliphatic carbocycles. The van der Waals surface area contributed by atoms with Crippen molar-refractivity contribution < 1.29 is 22.5 Å². The fourth-order valence-corrected chi connectivity index (χ4v) is 4.84. The lowest BCUT2D eigenvalue weighted by Gasteiger charge is -2.22. The highest BCUT2D eigenvalue weighted by molar-refractivity contribution is 7.89. The van der Waals surface area contributed by atoms with E-state index in [9.17, 15) is 13.2 Å². The van der Waals surface area contributed by atoms with Crippen molar-refractivity contribution in [2.75, 3.05) is 6.54 Å². The molecule has 2 aromatic rings. The fourth-order valence-electron chi connectivity index (χ4n) is 2.90. The van der Waals surface area contributed by atoms with Gasteiger partial charge in [0.15, 0.2) is 5.76 Å². The van der Waals surface area contributed by atoms with E-state index < -0.39 is 22.0 Å². The first-order chi connectivity index (χ1) is 11.4. The molecule has 0 unspecified atom stereocenters. The smallest absolute Gasteiger partial charge is 0.329 e. The summed E-state index contributed by atoms with van der Waals surface area (Å²) in [5.41, 5.74) is 0.287. The summed E-state index contributed by atoms with van der Waals surface area (Å²) < 4.78 is 37.3. The lowest BCUT2D eigenvalue weighted by atomic mass is 10.2. The van der Waals surface area contributed by atoms with Gasteiger partial charge in [0, 0.05) is 6.54 Å². The van der Waals surface area contributed by atoms with Gasteiger partial charge in [-0.1, -0.05) is 23.4 Å². The summed E-state index contributed by atoms with van der Waals surface area (Å²) in [6, 6.07) is 7.76. The van der Waals surface area contributed by atoms with Gasteiger partial charge in [-0.3, -0.25) is 0 Å². The van der Waals surface area contributed by atoms with Gasteiger partial charge in [0.25, 0.3) is 0 Å². The average molecular weight is 350 g/mol. The number of hydrogen-bond donors (Lipinski definition) is 0. The van der Waals surface area contributed by atoms with Gasteiger partial charge in [-0.25, -0.2) is 13.2 Å². The Morgan fingerprint density at radius 2 is 2.00 bits per heavy atom. The minimum absolute atomic E-state index is 0.0295. The number of rotatable bonds is 4. The Balaban J connectivity index is 1.86. The van der Waals surface area contributed by atoms with Gasteiger partial charge in [0.2, 0.25) is 10.0 Å². The molecule has 8 heteroatoms. The largest absolute Gasteiger partial charge is 0.425 e. The molecular weight excluding hydrogens is 332 g/mol. The Kier molecular flexibility index (Phi) is 4.42. The molecule has 0 N–H and O–H groups in total. The number of nitrogens with zero attached hydrogens (tertiary/aromatic N) is 2. The number of carbonyl (C=O) groups excluding carboxylic acids is 1. The Morgan fingerprint density at radius 3 is 2.62 bits per heavy atom. The van der Waals surface area contributed by atoms with Crippen molar-refractivity contribution in [3.63, 3.8) is 0 Å². The van der Waals surface area contributed by atoms with Crippen molar-refractivity contribution in [1.82, 2.24) is 9.46 Å². The number of carbonyl (C=O) groups is 1. The standard InChI is InChI=1S/C16H18N2O5S/c1-11-15(12(2)23-17-11)24(20,21)18-10-6-9-14(18)16(19)22-13-7-4-3-5-8-13/h3-5,7-8,14H,6,9-10H2,1-2H3/t14-/m0/s1. The highest BCUT2D eigenvalue weighted by Crippen LogP contribution is 2.30. The van der Waals surface area contributed by atoms with E-state index in [0.29, 0.717) is 18.6 Å². The third kappa shape index (κ3) is 2.94. The van der Waals surface area contributed by atoms with Gasteiger partial charge in [-0.2, -0.15) is 4.31 Å². The first kappa shape index (κ1) is 16.7. The summed E-state index contributed by atoms with van der Waals surface area (Å²) in [7, 11) is -3.87. The van der Waals surface area contributed by atoms with E-state index in [2.05, 4.69) is 5.16 Å². The second kappa shape index (κ2) is 6.37. The SMILES string of the molecule is Cc1noc(C)c1S(=O)(=O)N1CCC[C@H]1C(=O)Oc1ccccc1. The molecule has 1 aliphatic rings. The zero-order chi connectivity index (χ0) is 17.3. The van der Waals surface area contributed by atoms with Crippen LogP contribution in [0.4, 0.5) is 0 Å². The van der Waals surface area contributed by atoms with E-state index in [0.717, 1.165) is 0 Å². The summed E-state index contributed by atoms with van der Waals surface area (Å²) in [6.45, 7) is 3.37. The molecule has 24 heavy (non-hydrogen) atoms. The monoisotopic (exact) mass is 350 g/mol. The molecule has 0 bridgehead atoms. The van der Waals surface area contributed by atoms with Gasteiger partial charge in [0.05, 0.1) is 0 Å². The summed E-state index contributed by atoms with van der Waals surface area (Å²) >= 11 is 0. The lowest BCUT2D eigenvalue weighted by Crippen LogP contribution is -2.42. The van der Waals surface area contributed by atoms with Crippen molar-refractivity contribution in [3.8, 4) is 5.75 Å². The highest BCUT2D eigenvalue weighted by Gasteiger charge is 2.42. The lowest BCUT2D eigenvalue weighted by molar-refractivity contribution is -0.137. The summed E-state index contributed by atoms with van der Waals surface area (Å²) in [4.78, 5) is 12.5. The minimum atomic E-state index is -3.87. The van der Waals surface area contributed by atoms with Crippen molar-refractivity contribution in [3.05, 3.63) is 41.8 Å². The van der Waals surface area contributed by atoms with Crippen molar-refractivity contribution in [2.24, 2.45) is 0 Å². The first-order valence-electron chi connectivity index (χ1n) is 7.62. The fraction of sp³-hybridized carbons (Fsp3) is 0.375. The van der Waals surface area contributed by atoms with Crippen LogP contribution >= 0.6 is 0 Å². The van der Waals surface area contributed by atoms with Crippen LogP contribution in [-0.4, -0.2) is 36.4 Å². The highest BCUT2D eigenvalue weighted by atomic mass is 32.2. The number of aryl methyl sites for hydroxylation is 2. The molecule has 7 nitrogen and oxygen atoms in total. The number of benzene rings is 1. The first-order valence-corrected chi connectivity index (χ1v) is 9.06. The second-order valence-electron chi connectivity index (χ2n) is 5.66. The molecular formula is C16H18N2O5S. The minimum Gasteiger partial charge on any atom is -0.425 e. The Hall–Kier alpha value is -2.19. The number of hydrogen-bond acceptors (Lipinski definition) is 6. The van der Waals surface area contributed by atoms with E-state index in [1.807, 2.05) is 0 Å². The molecule has 1 saturated heterocycles. The number of ether oxygens (including phenoxy) is 1. The zero-order valence-corrected chi connectivity index (χ0v) is 14.2. The van der Waals surface area contributed by atoms with Gasteiger partial charge in [-0.15, -0.1) is 0 Å². The van der Waals surface area contributed by atoms with Crippen molar-refractivity contribution in [1.29, 1.82) is 0 Å². The van der Waals surface area contributed by atoms with E-state index in [1.165, 1.54) is 4.31 Å². The van der Waals surface area contributed by atoms with Crippen LogP contribution < -0.4 is 4.74 Å². The van der Waals surface area contributed by atoms with E-state index >= 15 is 0 Å². The molecule has 0 radical (unpaired) electrons. The van der Waals surface area contributed by atoms with Crippen LogP contribution in [0.25, 0.3) is 0 Å². The molecule has 0 saturated carbocycles. The maximum atomic E-state index is 12.9. The summed E-state index contributed by atoms with van der Waals surface area (Å²) in [5.74, 6) is 0.0349. The molecule has 0 amide bonds. The third-order valence-corrected chi connectivity index (χ3v) is 6.13. The van der Waals surface area contributed by atoms with Crippen molar-refractivity contribution in [2.45, 2.75) is 37.6 Å². The van der Waals surface area contributed by atoms with Crippen LogP contribution in [0.1, 0.15) is 24.3 Å². The van der Waals surface area contributed by atoms with Crippen LogP contribution in [0.2, 0.25) is 0 Å². The number of para-hydroxylation sites is 1. The molecule has 3 rings (SSSR count). The number of esters is 1. The van der Waals surface area contributed by atoms with Crippen LogP contribution in [0.15, 0.2) is 39.8 Å². The Labute approximate surface area is 140 Å². The van der Waals surface area contributed by atoms with Crippen molar-refractivity contribution >= 4 is 16.0 Å². The van der Waals surface area contributed by atoms with Crippen LogP contribution in [0, 0.1) is 13.8 Å². The summed E-state index contributed by atoms with van der Waals surface area (Å²) in [6.07, 6.45) is 1.02. The molecule has 1 fully saturated rings. The quantitative estimate of drug-likeness (QED) is 0.619. The Morgan fingerprint density at radius 1 is 1.29 bits per heavy atom. The van der Waals surface area contributed by atoms with E-state index in [4.69, 9.17) is 9.26 Å². The average Bonchev–Trinajstić information content (AvgIpc) is 3.16. The molecule has 1 aliphatic heterocycles. The molecule has 2 heterocycles. The van der Waals surface area contributed by atoms with Gasteiger partial charge in [-0.05, 0) is 38.8 Å². The predicted molar refractivity (Wildman–Crippen MR) is 85.0 cm³/mol. The second-order valence-corrected chi connectivity index (χ2v) is 7.49. The predicted octanol–water partition coefficient (Wildman–Crippen LogP) is 2.05. The summed E-state index contributed by atoms with van der Waals surface area (Å²) in [5, 5.41) is 3.69. The normalized spacial score (nSPS) is 18.7. The number of aromatic nitrogens is 1. The Bertz CT molecular complexity index is 825. The molecule has 0 spiro atoms. The maximum absolute atomic E-state index is 12.9. The van der Waals surface area contributed by atoms with E-state index in [-0.39, 0.29) is 22.9 Å². The molecule has 1 aromatic heterocycles. The molecule has 1 aromatic carbocycles. The molecule has 1 atom stereocenters. The molecule has 128 valence electrons. The topological polar surface area (TPSA) is 89.7 Å².